The molecule has 0 N–H and O–H groups in total. The molecule has 2 aliphatic carbocycles. The van der Waals surface area contributed by atoms with Crippen molar-refractivity contribution < 1.29 is 0 Å². The molecule has 0 aromatic heterocycles. The lowest BCUT2D eigenvalue weighted by Gasteiger charge is -2.06. The molecule has 2 aromatic rings. The van der Waals surface area contributed by atoms with Crippen LogP contribution < -0.4 is 0 Å². The maximum atomic E-state index is 6.31. The van der Waals surface area contributed by atoms with Crippen LogP contribution >= 0.6 is 11.6 Å². The third-order valence-electron chi connectivity index (χ3n) is 4.16. The highest BCUT2D eigenvalue weighted by Gasteiger charge is 2.25. The number of fused-ring (bicyclic) bond motifs is 5. The first-order chi connectivity index (χ1) is 8.34. The van der Waals surface area contributed by atoms with Gasteiger partial charge in [0.2, 0.25) is 0 Å². The number of rotatable bonds is 0. The van der Waals surface area contributed by atoms with Crippen molar-refractivity contribution >= 4 is 11.6 Å². The van der Waals surface area contributed by atoms with Gasteiger partial charge in [-0.3, -0.25) is 0 Å². The summed E-state index contributed by atoms with van der Waals surface area (Å²) in [5, 5.41) is 0.922. The first-order valence-corrected chi connectivity index (χ1v) is 6.64. The number of halogens is 1. The van der Waals surface area contributed by atoms with Crippen LogP contribution in [0, 0.1) is 0 Å². The van der Waals surface area contributed by atoms with Gasteiger partial charge < -0.3 is 0 Å². The van der Waals surface area contributed by atoms with Crippen LogP contribution in [0.1, 0.15) is 28.7 Å². The van der Waals surface area contributed by atoms with E-state index in [0.29, 0.717) is 0 Å². The molecule has 0 spiro atoms. The van der Waals surface area contributed by atoms with Gasteiger partial charge in [-0.25, -0.2) is 0 Å². The average Bonchev–Trinajstić information content (AvgIpc) is 2.91. The van der Waals surface area contributed by atoms with Crippen LogP contribution in [0.25, 0.3) is 11.1 Å². The van der Waals surface area contributed by atoms with Gasteiger partial charge in [0, 0.05) is 11.4 Å². The van der Waals surface area contributed by atoms with Crippen molar-refractivity contribution in [3.63, 3.8) is 0 Å². The Hall–Kier alpha value is -1.27. The first kappa shape index (κ1) is 9.73. The average molecular weight is 241 g/mol. The van der Waals surface area contributed by atoms with Gasteiger partial charge in [0.05, 0.1) is 0 Å². The van der Waals surface area contributed by atoms with Gasteiger partial charge >= 0.3 is 0 Å². The lowest BCUT2D eigenvalue weighted by Crippen LogP contribution is -1.91. The van der Waals surface area contributed by atoms with Crippen LogP contribution in [0.4, 0.5) is 0 Å². The minimum Gasteiger partial charge on any atom is -0.0840 e. The van der Waals surface area contributed by atoms with E-state index in [0.717, 1.165) is 11.4 Å². The van der Waals surface area contributed by atoms with Gasteiger partial charge in [-0.1, -0.05) is 35.9 Å². The molecular formula is C16H13Cl. The standard InChI is InChI=1S/C16H13Cl/c17-16-6-2-5-12-13-8-7-10-3-1-4-11(10)14(13)9-15(12)16/h2,5-8H,1,3-4,9H2. The molecule has 2 aliphatic rings. The van der Waals surface area contributed by atoms with Gasteiger partial charge in [0.1, 0.15) is 0 Å². The number of aryl methyl sites for hydroxylation is 1. The smallest absolute Gasteiger partial charge is 0.0447 e. The third kappa shape index (κ3) is 1.25. The molecule has 0 amide bonds. The highest BCUT2D eigenvalue weighted by Crippen LogP contribution is 2.43. The maximum absolute atomic E-state index is 6.31. The summed E-state index contributed by atoms with van der Waals surface area (Å²) in [6, 6.07) is 10.9. The Labute approximate surface area is 106 Å². The largest absolute Gasteiger partial charge is 0.0840 e. The molecule has 1 heteroatoms. The molecule has 0 heterocycles. The fourth-order valence-corrected chi connectivity index (χ4v) is 3.61. The summed E-state index contributed by atoms with van der Waals surface area (Å²) in [6.07, 6.45) is 4.86. The fraction of sp³-hybridized carbons (Fsp3) is 0.250. The van der Waals surface area contributed by atoms with Crippen LogP contribution in [0.3, 0.4) is 0 Å². The summed E-state index contributed by atoms with van der Waals surface area (Å²) < 4.78 is 0. The van der Waals surface area contributed by atoms with Gasteiger partial charge in [0.15, 0.2) is 0 Å². The zero-order valence-electron chi connectivity index (χ0n) is 9.59. The molecule has 0 fully saturated rings. The van der Waals surface area contributed by atoms with E-state index in [9.17, 15) is 0 Å². The minimum absolute atomic E-state index is 0.922. The van der Waals surface area contributed by atoms with Crippen LogP contribution in [-0.2, 0) is 19.3 Å². The topological polar surface area (TPSA) is 0 Å². The maximum Gasteiger partial charge on any atom is 0.0447 e. The van der Waals surface area contributed by atoms with Crippen molar-refractivity contribution in [1.82, 2.24) is 0 Å². The van der Waals surface area contributed by atoms with Crippen molar-refractivity contribution in [1.29, 1.82) is 0 Å². The summed E-state index contributed by atoms with van der Waals surface area (Å²) in [4.78, 5) is 0. The SMILES string of the molecule is Clc1cccc2c1Cc1c-2ccc2c1CCC2. The van der Waals surface area contributed by atoms with E-state index < -0.39 is 0 Å². The Morgan fingerprint density at radius 1 is 0.824 bits per heavy atom. The molecule has 0 radical (unpaired) electrons. The van der Waals surface area contributed by atoms with Crippen molar-refractivity contribution in [2.75, 3.05) is 0 Å². The van der Waals surface area contributed by atoms with E-state index >= 15 is 0 Å². The van der Waals surface area contributed by atoms with E-state index in [-0.39, 0.29) is 0 Å². The minimum atomic E-state index is 0.922. The highest BCUT2D eigenvalue weighted by atomic mass is 35.5. The lowest BCUT2D eigenvalue weighted by molar-refractivity contribution is 0.908. The molecule has 0 saturated heterocycles. The van der Waals surface area contributed by atoms with Crippen molar-refractivity contribution in [3.8, 4) is 11.1 Å². The van der Waals surface area contributed by atoms with Crippen molar-refractivity contribution in [2.45, 2.75) is 25.7 Å². The normalized spacial score (nSPS) is 15.6. The molecule has 0 unspecified atom stereocenters. The van der Waals surface area contributed by atoms with Crippen LogP contribution in [0.15, 0.2) is 30.3 Å². The van der Waals surface area contributed by atoms with Crippen molar-refractivity contribution in [3.05, 3.63) is 57.6 Å². The predicted molar refractivity (Wildman–Crippen MR) is 71.7 cm³/mol. The van der Waals surface area contributed by atoms with E-state index in [1.807, 2.05) is 6.07 Å². The second-order valence-corrected chi connectivity index (χ2v) is 5.43. The molecule has 0 aliphatic heterocycles. The van der Waals surface area contributed by atoms with Gasteiger partial charge in [-0.2, -0.15) is 0 Å². The molecule has 0 atom stereocenters. The Morgan fingerprint density at radius 2 is 1.71 bits per heavy atom. The number of benzene rings is 2. The Morgan fingerprint density at radius 3 is 2.65 bits per heavy atom. The second kappa shape index (κ2) is 3.36. The van der Waals surface area contributed by atoms with Gasteiger partial charge in [0.25, 0.3) is 0 Å². The monoisotopic (exact) mass is 240 g/mol. The van der Waals surface area contributed by atoms with E-state index in [2.05, 4.69) is 24.3 Å². The van der Waals surface area contributed by atoms with E-state index in [1.165, 1.54) is 36.0 Å². The van der Waals surface area contributed by atoms with Gasteiger partial charge in [-0.05, 0) is 58.7 Å². The molecule has 0 bridgehead atoms. The van der Waals surface area contributed by atoms with Crippen LogP contribution in [-0.4, -0.2) is 0 Å². The molecule has 4 rings (SSSR count). The zero-order valence-corrected chi connectivity index (χ0v) is 10.3. The molecule has 84 valence electrons. The van der Waals surface area contributed by atoms with Crippen LogP contribution in [0.5, 0.6) is 0 Å². The zero-order chi connectivity index (χ0) is 11.4. The highest BCUT2D eigenvalue weighted by molar-refractivity contribution is 6.32. The van der Waals surface area contributed by atoms with E-state index in [1.54, 1.807) is 16.7 Å². The molecule has 2 aromatic carbocycles. The Balaban J connectivity index is 2.01. The fourth-order valence-electron chi connectivity index (χ4n) is 3.36. The summed E-state index contributed by atoms with van der Waals surface area (Å²) in [5.41, 5.74) is 8.81. The number of hydrogen-bond donors (Lipinski definition) is 0. The Kier molecular flexibility index (Phi) is 1.93. The van der Waals surface area contributed by atoms with E-state index in [4.69, 9.17) is 11.6 Å². The molecule has 0 saturated carbocycles. The predicted octanol–water partition coefficient (Wildman–Crippen LogP) is 4.40. The van der Waals surface area contributed by atoms with Gasteiger partial charge in [-0.15, -0.1) is 0 Å². The number of hydrogen-bond acceptors (Lipinski definition) is 0. The third-order valence-corrected chi connectivity index (χ3v) is 4.52. The molecule has 17 heavy (non-hydrogen) atoms. The molecular weight excluding hydrogens is 228 g/mol. The summed E-state index contributed by atoms with van der Waals surface area (Å²) in [6.45, 7) is 0. The Bertz CT molecular complexity index is 626. The van der Waals surface area contributed by atoms with Crippen molar-refractivity contribution in [2.24, 2.45) is 0 Å². The summed E-state index contributed by atoms with van der Waals surface area (Å²) in [5.74, 6) is 0. The quantitative estimate of drug-likeness (QED) is 0.546. The van der Waals surface area contributed by atoms with Crippen LogP contribution in [0.2, 0.25) is 5.02 Å². The second-order valence-electron chi connectivity index (χ2n) is 5.03. The first-order valence-electron chi connectivity index (χ1n) is 6.26. The lowest BCUT2D eigenvalue weighted by atomic mass is 9.98. The summed E-state index contributed by atoms with van der Waals surface area (Å²) in [7, 11) is 0. The summed E-state index contributed by atoms with van der Waals surface area (Å²) >= 11 is 6.31. The molecule has 0 nitrogen and oxygen atoms in total.